The Balaban J connectivity index is 1.91. The third-order valence-electron chi connectivity index (χ3n) is 6.03. The second kappa shape index (κ2) is 9.89. The number of ketones is 1. The zero-order valence-corrected chi connectivity index (χ0v) is 19.9. The highest BCUT2D eigenvalue weighted by atomic mass is 16.5. The number of aromatic nitrogens is 1. The van der Waals surface area contributed by atoms with E-state index in [9.17, 15) is 14.7 Å². The van der Waals surface area contributed by atoms with Gasteiger partial charge < -0.3 is 24.2 Å². The molecule has 1 fully saturated rings. The maximum absolute atomic E-state index is 13.3. The van der Waals surface area contributed by atoms with Crippen LogP contribution in [0.3, 0.4) is 0 Å². The summed E-state index contributed by atoms with van der Waals surface area (Å²) in [7, 11) is 4.59. The number of aryl methyl sites for hydroxylation is 1. The number of ether oxygens (including phenoxy) is 3. The molecule has 8 heteroatoms. The quantitative estimate of drug-likeness (QED) is 0.314. The minimum absolute atomic E-state index is 0.000577. The molecule has 1 aromatic heterocycles. The lowest BCUT2D eigenvalue weighted by atomic mass is 9.93. The molecule has 1 saturated heterocycles. The standard InChI is InChI=1S/C27H26N2O6/c1-16-12-19(33-2)8-9-20(16)25(30)23-24(18-7-10-21(34-3)22(13-18)35-4)29(27(32)26(23)31)15-17-6-5-11-28-14-17/h5-14,24,30H,15H2,1-4H3/b25-23+/t24-/m1/s1. The van der Waals surface area contributed by atoms with Gasteiger partial charge in [0.25, 0.3) is 11.7 Å². The highest BCUT2D eigenvalue weighted by Crippen LogP contribution is 2.43. The van der Waals surface area contributed by atoms with Gasteiger partial charge in [0.15, 0.2) is 11.5 Å². The van der Waals surface area contributed by atoms with Crippen molar-refractivity contribution < 1.29 is 28.9 Å². The van der Waals surface area contributed by atoms with Gasteiger partial charge in [-0.1, -0.05) is 12.1 Å². The third kappa shape index (κ3) is 4.42. The fourth-order valence-electron chi connectivity index (χ4n) is 4.27. The van der Waals surface area contributed by atoms with E-state index in [-0.39, 0.29) is 17.9 Å². The Labute approximate surface area is 203 Å². The van der Waals surface area contributed by atoms with Gasteiger partial charge in [-0.2, -0.15) is 0 Å². The third-order valence-corrected chi connectivity index (χ3v) is 6.03. The van der Waals surface area contributed by atoms with E-state index < -0.39 is 17.7 Å². The highest BCUT2D eigenvalue weighted by Gasteiger charge is 2.46. The van der Waals surface area contributed by atoms with Crippen molar-refractivity contribution >= 4 is 17.4 Å². The number of methoxy groups -OCH3 is 3. The van der Waals surface area contributed by atoms with E-state index in [2.05, 4.69) is 4.98 Å². The van der Waals surface area contributed by atoms with Gasteiger partial charge in [0, 0.05) is 24.5 Å². The average Bonchev–Trinajstić information content (AvgIpc) is 3.13. The molecule has 0 bridgehead atoms. The fraction of sp³-hybridized carbons (Fsp3) is 0.222. The number of amides is 1. The molecule has 0 unspecified atom stereocenters. The van der Waals surface area contributed by atoms with Crippen LogP contribution in [0.5, 0.6) is 17.2 Å². The van der Waals surface area contributed by atoms with Crippen LogP contribution in [-0.4, -0.2) is 48.0 Å². The fourth-order valence-corrected chi connectivity index (χ4v) is 4.27. The summed E-state index contributed by atoms with van der Waals surface area (Å²) in [4.78, 5) is 32.1. The molecule has 1 N–H and O–H groups in total. The summed E-state index contributed by atoms with van der Waals surface area (Å²) < 4.78 is 16.1. The summed E-state index contributed by atoms with van der Waals surface area (Å²) in [6.07, 6.45) is 3.27. The van der Waals surface area contributed by atoms with Crippen molar-refractivity contribution in [1.82, 2.24) is 9.88 Å². The van der Waals surface area contributed by atoms with Crippen molar-refractivity contribution in [3.05, 3.63) is 88.8 Å². The Kier molecular flexibility index (Phi) is 6.73. The molecular weight excluding hydrogens is 448 g/mol. The number of aliphatic hydroxyl groups is 1. The molecule has 1 aliphatic rings. The monoisotopic (exact) mass is 474 g/mol. The molecule has 4 rings (SSSR count). The maximum atomic E-state index is 13.3. The Hall–Kier alpha value is -4.33. The number of nitrogens with zero attached hydrogens (tertiary/aromatic N) is 2. The molecule has 2 heterocycles. The summed E-state index contributed by atoms with van der Waals surface area (Å²) >= 11 is 0. The summed E-state index contributed by atoms with van der Waals surface area (Å²) in [5, 5.41) is 11.4. The van der Waals surface area contributed by atoms with Crippen LogP contribution < -0.4 is 14.2 Å². The molecule has 0 saturated carbocycles. The number of hydrogen-bond donors (Lipinski definition) is 1. The van der Waals surface area contributed by atoms with Crippen molar-refractivity contribution in [1.29, 1.82) is 0 Å². The van der Waals surface area contributed by atoms with Crippen LogP contribution in [0.1, 0.15) is 28.3 Å². The highest BCUT2D eigenvalue weighted by molar-refractivity contribution is 6.46. The van der Waals surface area contributed by atoms with Gasteiger partial charge in [-0.3, -0.25) is 14.6 Å². The van der Waals surface area contributed by atoms with Crippen molar-refractivity contribution in [2.75, 3.05) is 21.3 Å². The van der Waals surface area contributed by atoms with E-state index in [4.69, 9.17) is 14.2 Å². The first-order valence-corrected chi connectivity index (χ1v) is 10.9. The summed E-state index contributed by atoms with van der Waals surface area (Å²) in [6.45, 7) is 1.94. The topological polar surface area (TPSA) is 98.2 Å². The van der Waals surface area contributed by atoms with E-state index in [1.165, 1.54) is 19.1 Å². The summed E-state index contributed by atoms with van der Waals surface area (Å²) in [6, 6.07) is 13.0. The van der Waals surface area contributed by atoms with Crippen molar-refractivity contribution in [2.24, 2.45) is 0 Å². The predicted molar refractivity (Wildman–Crippen MR) is 129 cm³/mol. The van der Waals surface area contributed by atoms with Gasteiger partial charge in [-0.15, -0.1) is 0 Å². The second-order valence-electron chi connectivity index (χ2n) is 8.08. The van der Waals surface area contributed by atoms with E-state index in [1.54, 1.807) is 68.9 Å². The van der Waals surface area contributed by atoms with Crippen LogP contribution in [0.15, 0.2) is 66.5 Å². The van der Waals surface area contributed by atoms with Crippen LogP contribution in [0.2, 0.25) is 0 Å². The van der Waals surface area contributed by atoms with Gasteiger partial charge in [-0.25, -0.2) is 0 Å². The van der Waals surface area contributed by atoms with Gasteiger partial charge in [0.05, 0.1) is 32.9 Å². The van der Waals surface area contributed by atoms with E-state index in [1.807, 2.05) is 6.07 Å². The lowest BCUT2D eigenvalue weighted by molar-refractivity contribution is -0.140. The first-order valence-electron chi connectivity index (χ1n) is 10.9. The number of hydrogen-bond acceptors (Lipinski definition) is 7. The molecule has 8 nitrogen and oxygen atoms in total. The number of aliphatic hydroxyl groups excluding tert-OH is 1. The first kappa shape index (κ1) is 23.8. The molecule has 1 aliphatic heterocycles. The number of carbonyl (C=O) groups is 2. The van der Waals surface area contributed by atoms with Crippen molar-refractivity contribution in [3.63, 3.8) is 0 Å². The largest absolute Gasteiger partial charge is 0.507 e. The molecule has 2 aromatic carbocycles. The first-order chi connectivity index (χ1) is 16.9. The Morgan fingerprint density at radius 2 is 1.77 bits per heavy atom. The number of likely N-dealkylation sites (tertiary alicyclic amines) is 1. The molecule has 1 amide bonds. The predicted octanol–water partition coefficient (Wildman–Crippen LogP) is 4.04. The average molecular weight is 475 g/mol. The van der Waals surface area contributed by atoms with Gasteiger partial charge in [-0.05, 0) is 60.0 Å². The van der Waals surface area contributed by atoms with Gasteiger partial charge in [0.1, 0.15) is 11.5 Å². The molecule has 180 valence electrons. The zero-order valence-electron chi connectivity index (χ0n) is 19.9. The minimum atomic E-state index is -0.850. The van der Waals surface area contributed by atoms with Crippen LogP contribution in [-0.2, 0) is 16.1 Å². The van der Waals surface area contributed by atoms with Crippen molar-refractivity contribution in [3.8, 4) is 17.2 Å². The normalized spacial score (nSPS) is 16.9. The molecular formula is C27H26N2O6. The molecule has 0 spiro atoms. The smallest absolute Gasteiger partial charge is 0.295 e. The van der Waals surface area contributed by atoms with Crippen molar-refractivity contribution in [2.45, 2.75) is 19.5 Å². The SMILES string of the molecule is COc1ccc(/C(O)=C2\C(=O)C(=O)N(Cc3cccnc3)[C@@H]2c2ccc(OC)c(OC)c2)c(C)c1. The Bertz CT molecular complexity index is 1300. The molecule has 0 aliphatic carbocycles. The second-order valence-corrected chi connectivity index (χ2v) is 8.08. The Morgan fingerprint density at radius 3 is 2.40 bits per heavy atom. The van der Waals surface area contributed by atoms with Gasteiger partial charge >= 0.3 is 0 Å². The lowest BCUT2D eigenvalue weighted by Crippen LogP contribution is -2.29. The summed E-state index contributed by atoms with van der Waals surface area (Å²) in [5.74, 6) is -0.156. The molecule has 1 atom stereocenters. The summed E-state index contributed by atoms with van der Waals surface area (Å²) in [5.41, 5.74) is 2.49. The van der Waals surface area contributed by atoms with Crippen LogP contribution in [0.25, 0.3) is 5.76 Å². The number of Topliss-reactive ketones (excluding diaryl/α,β-unsaturated/α-hetero) is 1. The van der Waals surface area contributed by atoms with E-state index in [0.717, 1.165) is 5.56 Å². The maximum Gasteiger partial charge on any atom is 0.295 e. The van der Waals surface area contributed by atoms with Crippen LogP contribution in [0.4, 0.5) is 0 Å². The number of pyridine rings is 1. The number of carbonyl (C=O) groups excluding carboxylic acids is 2. The Morgan fingerprint density at radius 1 is 1.00 bits per heavy atom. The lowest BCUT2D eigenvalue weighted by Gasteiger charge is -2.26. The molecule has 35 heavy (non-hydrogen) atoms. The molecule has 3 aromatic rings. The minimum Gasteiger partial charge on any atom is -0.507 e. The van der Waals surface area contributed by atoms with Gasteiger partial charge in [0.2, 0.25) is 0 Å². The van der Waals surface area contributed by atoms with Crippen LogP contribution >= 0.6 is 0 Å². The number of benzene rings is 2. The number of rotatable bonds is 7. The van der Waals surface area contributed by atoms with Crippen LogP contribution in [0, 0.1) is 6.92 Å². The van der Waals surface area contributed by atoms with E-state index >= 15 is 0 Å². The zero-order chi connectivity index (χ0) is 25.1. The molecule has 0 radical (unpaired) electrons. The van der Waals surface area contributed by atoms with E-state index in [0.29, 0.717) is 33.9 Å².